The molecule has 0 radical (unpaired) electrons. The lowest BCUT2D eigenvalue weighted by Gasteiger charge is -2.24. The van der Waals surface area contributed by atoms with E-state index in [0.717, 1.165) is 31.5 Å². The smallest absolute Gasteiger partial charge is 0.291 e. The normalized spacial score (nSPS) is 14.1. The van der Waals surface area contributed by atoms with Crippen molar-refractivity contribution in [1.82, 2.24) is 15.2 Å². The van der Waals surface area contributed by atoms with Gasteiger partial charge in [0, 0.05) is 13.1 Å². The first-order chi connectivity index (χ1) is 13.6. The average molecular weight is 400 g/mol. The summed E-state index contributed by atoms with van der Waals surface area (Å²) in [6, 6.07) is 4.97. The summed E-state index contributed by atoms with van der Waals surface area (Å²) in [6.45, 7) is 3.66. The van der Waals surface area contributed by atoms with Crippen molar-refractivity contribution < 1.29 is 14.0 Å². The number of anilines is 3. The van der Waals surface area contributed by atoms with Crippen LogP contribution < -0.4 is 15.5 Å². The van der Waals surface area contributed by atoms with Gasteiger partial charge >= 0.3 is 0 Å². The van der Waals surface area contributed by atoms with Crippen LogP contribution in [-0.4, -0.2) is 40.1 Å². The van der Waals surface area contributed by atoms with E-state index < -0.39 is 0 Å². The zero-order valence-electron chi connectivity index (χ0n) is 15.3. The van der Waals surface area contributed by atoms with Crippen LogP contribution in [-0.2, 0) is 0 Å². The minimum atomic E-state index is -0.361. The van der Waals surface area contributed by atoms with Crippen molar-refractivity contribution in [3.8, 4) is 0 Å². The van der Waals surface area contributed by atoms with Gasteiger partial charge in [-0.3, -0.25) is 14.9 Å². The van der Waals surface area contributed by atoms with E-state index in [0.29, 0.717) is 21.8 Å². The third-order valence-corrected chi connectivity index (χ3v) is 5.60. The van der Waals surface area contributed by atoms with Gasteiger partial charge in [0.2, 0.25) is 11.9 Å². The van der Waals surface area contributed by atoms with Crippen LogP contribution in [0.5, 0.6) is 0 Å². The zero-order chi connectivity index (χ0) is 19.5. The maximum atomic E-state index is 12.6. The van der Waals surface area contributed by atoms with E-state index >= 15 is 0 Å². The Morgan fingerprint density at radius 1 is 1.21 bits per heavy atom. The predicted molar refractivity (Wildman–Crippen MR) is 106 cm³/mol. The van der Waals surface area contributed by atoms with Crippen molar-refractivity contribution in [2.45, 2.75) is 26.2 Å². The van der Waals surface area contributed by atoms with Gasteiger partial charge in [-0.15, -0.1) is 16.4 Å². The molecule has 9 nitrogen and oxygen atoms in total. The quantitative estimate of drug-likeness (QED) is 0.605. The summed E-state index contributed by atoms with van der Waals surface area (Å²) in [6.07, 6.45) is 4.90. The van der Waals surface area contributed by atoms with Gasteiger partial charge in [0.25, 0.3) is 11.8 Å². The third-order valence-electron chi connectivity index (χ3n) is 4.45. The van der Waals surface area contributed by atoms with Crippen LogP contribution in [0.25, 0.3) is 0 Å². The number of H-pyrrole nitrogens is 1. The van der Waals surface area contributed by atoms with E-state index in [1.165, 1.54) is 24.0 Å². The van der Waals surface area contributed by atoms with Gasteiger partial charge < -0.3 is 14.6 Å². The molecule has 28 heavy (non-hydrogen) atoms. The molecule has 1 aliphatic heterocycles. The number of nitrogens with zero attached hydrogens (tertiary/aromatic N) is 3. The van der Waals surface area contributed by atoms with Crippen LogP contribution in [0.4, 0.5) is 16.9 Å². The molecule has 0 saturated carbocycles. The van der Waals surface area contributed by atoms with E-state index in [2.05, 4.69) is 30.7 Å². The van der Waals surface area contributed by atoms with Crippen LogP contribution in [0.3, 0.4) is 0 Å². The first-order valence-corrected chi connectivity index (χ1v) is 9.86. The minimum absolute atomic E-state index is 0.212. The lowest BCUT2D eigenvalue weighted by atomic mass is 10.1. The average Bonchev–Trinajstić information content (AvgIpc) is 3.43. The van der Waals surface area contributed by atoms with Gasteiger partial charge in [0.15, 0.2) is 5.76 Å². The number of aromatic nitrogens is 3. The molecule has 3 aromatic rings. The SMILES string of the molecule is Cc1cc(NC(=O)c2ccco2)sc1C(=O)Nc1nc(N2CCCCC2)n[nH]1. The summed E-state index contributed by atoms with van der Waals surface area (Å²) >= 11 is 1.19. The summed E-state index contributed by atoms with van der Waals surface area (Å²) in [7, 11) is 0. The molecule has 4 rings (SSSR count). The van der Waals surface area contributed by atoms with Crippen molar-refractivity contribution in [3.05, 3.63) is 40.7 Å². The fourth-order valence-electron chi connectivity index (χ4n) is 3.06. The molecular formula is C18H20N6O3S. The molecule has 0 unspecified atom stereocenters. The first kappa shape index (κ1) is 18.2. The van der Waals surface area contributed by atoms with Gasteiger partial charge in [0.1, 0.15) is 0 Å². The summed E-state index contributed by atoms with van der Waals surface area (Å²) in [5.74, 6) is 0.453. The number of carbonyl (C=O) groups is 2. The molecule has 0 atom stereocenters. The van der Waals surface area contributed by atoms with Crippen molar-refractivity contribution >= 4 is 40.0 Å². The summed E-state index contributed by atoms with van der Waals surface area (Å²) in [5, 5.41) is 13.0. The lowest BCUT2D eigenvalue weighted by Crippen LogP contribution is -2.30. The van der Waals surface area contributed by atoms with Crippen LogP contribution >= 0.6 is 11.3 Å². The first-order valence-electron chi connectivity index (χ1n) is 9.04. The molecular weight excluding hydrogens is 380 g/mol. The number of amides is 2. The number of rotatable bonds is 5. The highest BCUT2D eigenvalue weighted by atomic mass is 32.1. The Bertz CT molecular complexity index is 972. The number of hydrogen-bond acceptors (Lipinski definition) is 7. The fraction of sp³-hybridized carbons (Fsp3) is 0.333. The second-order valence-electron chi connectivity index (χ2n) is 6.54. The molecule has 10 heteroatoms. The Balaban J connectivity index is 1.41. The van der Waals surface area contributed by atoms with E-state index in [1.807, 2.05) is 6.92 Å². The van der Waals surface area contributed by atoms with Crippen LogP contribution in [0.15, 0.2) is 28.9 Å². The molecule has 3 aromatic heterocycles. The Labute approximate surface area is 165 Å². The van der Waals surface area contributed by atoms with Crippen molar-refractivity contribution in [2.75, 3.05) is 28.6 Å². The van der Waals surface area contributed by atoms with Gasteiger partial charge in [-0.25, -0.2) is 5.10 Å². The Kier molecular flexibility index (Phi) is 5.11. The topological polar surface area (TPSA) is 116 Å². The standard InChI is InChI=1S/C18H20N6O3S/c1-11-10-13(19-15(25)12-6-5-9-27-12)28-14(11)16(26)20-17-21-18(23-22-17)24-7-3-2-4-8-24/h5-6,9-10H,2-4,7-8H2,1H3,(H,19,25)(H2,20,21,22,23,26). The lowest BCUT2D eigenvalue weighted by molar-refractivity contribution is 0.0995. The Morgan fingerprint density at radius 2 is 2.04 bits per heavy atom. The fourth-order valence-corrected chi connectivity index (χ4v) is 4.02. The van der Waals surface area contributed by atoms with Crippen molar-refractivity contribution in [1.29, 1.82) is 0 Å². The van der Waals surface area contributed by atoms with Crippen molar-refractivity contribution in [3.63, 3.8) is 0 Å². The monoisotopic (exact) mass is 400 g/mol. The number of aromatic amines is 1. The molecule has 0 spiro atoms. The third kappa shape index (κ3) is 3.91. The molecule has 0 aromatic carbocycles. The largest absolute Gasteiger partial charge is 0.459 e. The van der Waals surface area contributed by atoms with Gasteiger partial charge in [0.05, 0.1) is 16.1 Å². The Morgan fingerprint density at radius 3 is 2.79 bits per heavy atom. The molecule has 1 fully saturated rings. The highest BCUT2D eigenvalue weighted by molar-refractivity contribution is 7.18. The van der Waals surface area contributed by atoms with Gasteiger partial charge in [-0.1, -0.05) is 0 Å². The second kappa shape index (κ2) is 7.85. The molecule has 0 aliphatic carbocycles. The number of carbonyl (C=O) groups excluding carboxylic acids is 2. The molecule has 1 aliphatic rings. The van der Waals surface area contributed by atoms with Crippen LogP contribution in [0, 0.1) is 6.92 Å². The van der Waals surface area contributed by atoms with Gasteiger partial charge in [-0.2, -0.15) is 4.98 Å². The maximum Gasteiger partial charge on any atom is 0.291 e. The highest BCUT2D eigenvalue weighted by Crippen LogP contribution is 2.28. The van der Waals surface area contributed by atoms with Crippen LogP contribution in [0.2, 0.25) is 0 Å². The second-order valence-corrected chi connectivity index (χ2v) is 7.59. The molecule has 0 bridgehead atoms. The van der Waals surface area contributed by atoms with E-state index in [4.69, 9.17) is 4.42 Å². The number of furan rings is 1. The van der Waals surface area contributed by atoms with Crippen LogP contribution in [0.1, 0.15) is 45.1 Å². The number of hydrogen-bond donors (Lipinski definition) is 3. The molecule has 1 saturated heterocycles. The number of thiophene rings is 1. The minimum Gasteiger partial charge on any atom is -0.459 e. The number of piperidine rings is 1. The number of nitrogens with one attached hydrogen (secondary N) is 3. The maximum absolute atomic E-state index is 12.6. The molecule has 4 heterocycles. The molecule has 146 valence electrons. The Hall–Kier alpha value is -3.14. The number of aryl methyl sites for hydroxylation is 1. The van der Waals surface area contributed by atoms with E-state index in [-0.39, 0.29) is 17.6 Å². The summed E-state index contributed by atoms with van der Waals surface area (Å²) < 4.78 is 5.07. The highest BCUT2D eigenvalue weighted by Gasteiger charge is 2.19. The van der Waals surface area contributed by atoms with Crippen molar-refractivity contribution in [2.24, 2.45) is 0 Å². The van der Waals surface area contributed by atoms with E-state index in [9.17, 15) is 9.59 Å². The molecule has 2 amide bonds. The zero-order valence-corrected chi connectivity index (χ0v) is 16.1. The summed E-state index contributed by atoms with van der Waals surface area (Å²) in [4.78, 5) is 31.7. The van der Waals surface area contributed by atoms with Gasteiger partial charge in [-0.05, 0) is 49.9 Å². The van der Waals surface area contributed by atoms with E-state index in [1.54, 1.807) is 18.2 Å². The molecule has 3 N–H and O–H groups in total. The summed E-state index contributed by atoms with van der Waals surface area (Å²) in [5.41, 5.74) is 0.757. The predicted octanol–water partition coefficient (Wildman–Crippen LogP) is 3.26.